The van der Waals surface area contributed by atoms with Crippen molar-refractivity contribution in [2.24, 2.45) is 0 Å². The Balaban J connectivity index is 1.54. The molecule has 28 heavy (non-hydrogen) atoms. The van der Waals surface area contributed by atoms with Gasteiger partial charge in [0.2, 0.25) is 0 Å². The molecule has 3 rings (SSSR count). The number of ether oxygens (including phenoxy) is 1. The highest BCUT2D eigenvalue weighted by Gasteiger charge is 2.16. The molecule has 1 heterocycles. The van der Waals surface area contributed by atoms with Crippen LogP contribution in [0.3, 0.4) is 0 Å². The largest absolute Gasteiger partial charge is 0.497 e. The van der Waals surface area contributed by atoms with Gasteiger partial charge in [-0.1, -0.05) is 36.4 Å². The van der Waals surface area contributed by atoms with Gasteiger partial charge in [0, 0.05) is 21.5 Å². The average molecular weight is 396 g/mol. The molecule has 0 saturated heterocycles. The molecular weight excluding hydrogens is 376 g/mol. The van der Waals surface area contributed by atoms with E-state index < -0.39 is 17.9 Å². The summed E-state index contributed by atoms with van der Waals surface area (Å²) >= 11 is 1.39. The highest BCUT2D eigenvalue weighted by Crippen LogP contribution is 2.28. The minimum absolute atomic E-state index is 0.205. The van der Waals surface area contributed by atoms with Crippen LogP contribution < -0.4 is 15.4 Å². The molecule has 0 bridgehead atoms. The number of benzene rings is 2. The SMILES string of the molecule is COc1cccc(NC(=O)C(=O)NCc2ccc(C(O)c3ccccc3)s2)c1. The van der Waals surface area contributed by atoms with Gasteiger partial charge in [-0.2, -0.15) is 0 Å². The van der Waals surface area contributed by atoms with Crippen LogP contribution in [0, 0.1) is 0 Å². The van der Waals surface area contributed by atoms with E-state index in [9.17, 15) is 14.7 Å². The van der Waals surface area contributed by atoms with Crippen molar-refractivity contribution in [1.29, 1.82) is 0 Å². The fourth-order valence-electron chi connectivity index (χ4n) is 2.57. The zero-order valence-electron chi connectivity index (χ0n) is 15.2. The summed E-state index contributed by atoms with van der Waals surface area (Å²) in [5.41, 5.74) is 1.28. The van der Waals surface area contributed by atoms with E-state index in [0.29, 0.717) is 11.4 Å². The third-order valence-corrected chi connectivity index (χ3v) is 5.16. The molecule has 1 unspecified atom stereocenters. The van der Waals surface area contributed by atoms with Crippen LogP contribution in [0.5, 0.6) is 5.75 Å². The lowest BCUT2D eigenvalue weighted by atomic mass is 10.1. The molecule has 0 radical (unpaired) electrons. The minimum atomic E-state index is -0.755. The number of aliphatic hydroxyl groups excluding tert-OH is 1. The van der Waals surface area contributed by atoms with Crippen molar-refractivity contribution in [3.05, 3.63) is 82.0 Å². The van der Waals surface area contributed by atoms with Gasteiger partial charge in [0.05, 0.1) is 13.7 Å². The van der Waals surface area contributed by atoms with Crippen LogP contribution >= 0.6 is 11.3 Å². The first-order valence-electron chi connectivity index (χ1n) is 8.61. The average Bonchev–Trinajstić information content (AvgIpc) is 3.21. The van der Waals surface area contributed by atoms with Gasteiger partial charge in [0.25, 0.3) is 0 Å². The molecule has 0 aliphatic carbocycles. The fourth-order valence-corrected chi connectivity index (χ4v) is 3.54. The van der Waals surface area contributed by atoms with Crippen molar-refractivity contribution in [3.63, 3.8) is 0 Å². The predicted octanol–water partition coefficient (Wildman–Crippen LogP) is 3.09. The van der Waals surface area contributed by atoms with E-state index in [1.807, 2.05) is 42.5 Å². The molecule has 2 aromatic carbocycles. The standard InChI is InChI=1S/C21H20N2O4S/c1-27-16-9-5-8-15(12-16)23-21(26)20(25)22-13-17-10-11-18(28-17)19(24)14-6-3-2-4-7-14/h2-12,19,24H,13H2,1H3,(H,22,25)(H,23,26). The second-order valence-corrected chi connectivity index (χ2v) is 7.19. The van der Waals surface area contributed by atoms with Crippen LogP contribution in [0.25, 0.3) is 0 Å². The normalized spacial score (nSPS) is 11.5. The van der Waals surface area contributed by atoms with Gasteiger partial charge in [0.15, 0.2) is 0 Å². The third kappa shape index (κ3) is 4.97. The van der Waals surface area contributed by atoms with Crippen molar-refractivity contribution >= 4 is 28.8 Å². The number of hydrogen-bond donors (Lipinski definition) is 3. The number of nitrogens with one attached hydrogen (secondary N) is 2. The quantitative estimate of drug-likeness (QED) is 0.559. The summed E-state index contributed by atoms with van der Waals surface area (Å²) in [7, 11) is 1.53. The molecule has 6 nitrogen and oxygen atoms in total. The smallest absolute Gasteiger partial charge is 0.313 e. The fraction of sp³-hybridized carbons (Fsp3) is 0.143. The Bertz CT molecular complexity index is 956. The van der Waals surface area contributed by atoms with Crippen LogP contribution in [0.4, 0.5) is 5.69 Å². The second-order valence-electron chi connectivity index (χ2n) is 5.99. The van der Waals surface area contributed by atoms with Gasteiger partial charge in [-0.25, -0.2) is 0 Å². The van der Waals surface area contributed by atoms with Crippen LogP contribution in [-0.2, 0) is 16.1 Å². The molecule has 0 saturated carbocycles. The van der Waals surface area contributed by atoms with Gasteiger partial charge in [-0.3, -0.25) is 9.59 Å². The summed E-state index contributed by atoms with van der Waals surface area (Å²) in [4.78, 5) is 25.7. The summed E-state index contributed by atoms with van der Waals surface area (Å²) in [6.45, 7) is 0.205. The molecule has 3 N–H and O–H groups in total. The maximum Gasteiger partial charge on any atom is 0.313 e. The highest BCUT2D eigenvalue weighted by molar-refractivity contribution is 7.12. The third-order valence-electron chi connectivity index (χ3n) is 4.02. The van der Waals surface area contributed by atoms with Crippen LogP contribution in [0.15, 0.2) is 66.7 Å². The lowest BCUT2D eigenvalue weighted by Crippen LogP contribution is -2.34. The lowest BCUT2D eigenvalue weighted by Gasteiger charge is -2.08. The Morgan fingerprint density at radius 2 is 1.82 bits per heavy atom. The predicted molar refractivity (Wildman–Crippen MR) is 108 cm³/mol. The number of hydrogen-bond acceptors (Lipinski definition) is 5. The van der Waals surface area contributed by atoms with Gasteiger partial charge in [0.1, 0.15) is 11.9 Å². The monoisotopic (exact) mass is 396 g/mol. The Morgan fingerprint density at radius 1 is 1.04 bits per heavy atom. The van der Waals surface area contributed by atoms with E-state index in [2.05, 4.69) is 10.6 Å². The van der Waals surface area contributed by atoms with Crippen LogP contribution in [-0.4, -0.2) is 24.0 Å². The van der Waals surface area contributed by atoms with E-state index in [0.717, 1.165) is 15.3 Å². The summed E-state index contributed by atoms with van der Waals surface area (Å²) in [6.07, 6.45) is -0.716. The first kappa shape index (κ1) is 19.6. The van der Waals surface area contributed by atoms with E-state index >= 15 is 0 Å². The highest BCUT2D eigenvalue weighted by atomic mass is 32.1. The maximum atomic E-state index is 12.0. The van der Waals surface area contributed by atoms with Crippen molar-refractivity contribution in [2.75, 3.05) is 12.4 Å². The Kier molecular flexibility index (Phi) is 6.41. The second kappa shape index (κ2) is 9.16. The van der Waals surface area contributed by atoms with Gasteiger partial charge in [-0.05, 0) is 29.8 Å². The Hall–Kier alpha value is -3.16. The topological polar surface area (TPSA) is 87.7 Å². The molecule has 0 aliphatic heterocycles. The zero-order valence-corrected chi connectivity index (χ0v) is 16.0. The minimum Gasteiger partial charge on any atom is -0.497 e. The Morgan fingerprint density at radius 3 is 2.57 bits per heavy atom. The molecule has 0 fully saturated rings. The molecule has 7 heteroatoms. The number of methoxy groups -OCH3 is 1. The molecular formula is C21H20N2O4S. The zero-order chi connectivity index (χ0) is 19.9. The number of anilines is 1. The number of rotatable bonds is 6. The van der Waals surface area contributed by atoms with Crippen molar-refractivity contribution in [3.8, 4) is 5.75 Å². The first-order valence-corrected chi connectivity index (χ1v) is 9.43. The van der Waals surface area contributed by atoms with E-state index in [1.54, 1.807) is 24.3 Å². The lowest BCUT2D eigenvalue weighted by molar-refractivity contribution is -0.136. The Labute approximate surface area is 166 Å². The van der Waals surface area contributed by atoms with Gasteiger partial charge < -0.3 is 20.5 Å². The molecule has 2 amide bonds. The summed E-state index contributed by atoms with van der Waals surface area (Å²) < 4.78 is 5.08. The summed E-state index contributed by atoms with van der Waals surface area (Å²) in [5.74, 6) is -0.906. The number of amides is 2. The van der Waals surface area contributed by atoms with Crippen molar-refractivity contribution in [2.45, 2.75) is 12.6 Å². The molecule has 3 aromatic rings. The number of aliphatic hydroxyl groups is 1. The molecule has 0 spiro atoms. The molecule has 1 aromatic heterocycles. The van der Waals surface area contributed by atoms with E-state index in [1.165, 1.54) is 18.4 Å². The molecule has 144 valence electrons. The maximum absolute atomic E-state index is 12.0. The van der Waals surface area contributed by atoms with Crippen LogP contribution in [0.2, 0.25) is 0 Å². The molecule has 1 atom stereocenters. The number of thiophene rings is 1. The van der Waals surface area contributed by atoms with Crippen molar-refractivity contribution < 1.29 is 19.4 Å². The van der Waals surface area contributed by atoms with Gasteiger partial charge >= 0.3 is 11.8 Å². The van der Waals surface area contributed by atoms with Crippen molar-refractivity contribution in [1.82, 2.24) is 5.32 Å². The van der Waals surface area contributed by atoms with E-state index in [-0.39, 0.29) is 6.54 Å². The number of carbonyl (C=O) groups excluding carboxylic acids is 2. The molecule has 0 aliphatic rings. The first-order chi connectivity index (χ1) is 13.6. The number of carbonyl (C=O) groups is 2. The summed E-state index contributed by atoms with van der Waals surface area (Å²) in [5, 5.41) is 15.5. The van der Waals surface area contributed by atoms with Crippen LogP contribution in [0.1, 0.15) is 21.4 Å². The van der Waals surface area contributed by atoms with Gasteiger partial charge in [-0.15, -0.1) is 11.3 Å². The van der Waals surface area contributed by atoms with E-state index in [4.69, 9.17) is 4.74 Å². The summed E-state index contributed by atoms with van der Waals surface area (Å²) in [6, 6.07) is 19.7.